The van der Waals surface area contributed by atoms with Crippen molar-refractivity contribution in [3.8, 4) is 0 Å². The minimum absolute atomic E-state index is 0.129. The highest BCUT2D eigenvalue weighted by Gasteiger charge is 2.67. The molecule has 1 fully saturated rings. The van der Waals surface area contributed by atoms with Crippen LogP contribution in [-0.4, -0.2) is 16.1 Å². The van der Waals surface area contributed by atoms with Crippen molar-refractivity contribution in [2.75, 3.05) is 10.6 Å². The Balaban J connectivity index is 1.53. The number of carbonyl (C=O) groups excluding carboxylic acids is 2. The molecule has 2 unspecified atom stereocenters. The molecule has 0 saturated heterocycles. The molecule has 2 N–H and O–H groups in total. The Hall–Kier alpha value is -2.02. The van der Waals surface area contributed by atoms with E-state index in [1.807, 2.05) is 0 Å². The zero-order valence-corrected chi connectivity index (χ0v) is 22.1. The molecule has 0 spiro atoms. The first-order valence-corrected chi connectivity index (χ1v) is 12.3. The minimum atomic E-state index is -1.34. The number of rotatable bonds is 5. The first-order valence-electron chi connectivity index (χ1n) is 10.4. The predicted octanol–water partition coefficient (Wildman–Crippen LogP) is 8.18. The lowest BCUT2D eigenvalue weighted by molar-refractivity contribution is -0.117. The number of anilines is 2. The van der Waals surface area contributed by atoms with Crippen LogP contribution in [0.2, 0.25) is 15.1 Å². The third kappa shape index (κ3) is 5.40. The molecule has 3 aromatic carbocycles. The molecule has 2 amide bonds. The van der Waals surface area contributed by atoms with Crippen molar-refractivity contribution < 1.29 is 14.0 Å². The van der Waals surface area contributed by atoms with Crippen molar-refractivity contribution >= 4 is 81.2 Å². The highest BCUT2D eigenvalue weighted by Crippen LogP contribution is 2.65. The van der Waals surface area contributed by atoms with E-state index in [4.69, 9.17) is 58.0 Å². The fraction of sp³-hybridized carbons (Fsp3) is 0.200. The molecule has 1 saturated carbocycles. The van der Waals surface area contributed by atoms with E-state index < -0.39 is 33.8 Å². The van der Waals surface area contributed by atoms with Gasteiger partial charge in [0.2, 0.25) is 5.91 Å². The van der Waals surface area contributed by atoms with E-state index in [1.165, 1.54) is 24.3 Å². The fourth-order valence-corrected chi connectivity index (χ4v) is 5.68. The Morgan fingerprint density at radius 1 is 0.886 bits per heavy atom. The number of alkyl halides is 2. The topological polar surface area (TPSA) is 58.2 Å². The van der Waals surface area contributed by atoms with Crippen LogP contribution in [0.1, 0.15) is 33.0 Å². The number of amides is 2. The van der Waals surface area contributed by atoms with E-state index in [0.29, 0.717) is 38.1 Å². The second-order valence-corrected chi connectivity index (χ2v) is 11.1. The van der Waals surface area contributed by atoms with Crippen LogP contribution in [0, 0.1) is 25.6 Å². The van der Waals surface area contributed by atoms with Gasteiger partial charge < -0.3 is 10.6 Å². The molecule has 10 heteroatoms. The fourth-order valence-electron chi connectivity index (χ4n) is 4.11. The smallest absolute Gasteiger partial charge is 0.257 e. The van der Waals surface area contributed by atoms with Crippen LogP contribution in [0.5, 0.6) is 0 Å². The van der Waals surface area contributed by atoms with Gasteiger partial charge in [-0.25, -0.2) is 4.39 Å². The lowest BCUT2D eigenvalue weighted by atomic mass is 10.1. The van der Waals surface area contributed by atoms with Crippen LogP contribution >= 0.6 is 58.0 Å². The van der Waals surface area contributed by atoms with Crippen molar-refractivity contribution in [2.45, 2.75) is 24.1 Å². The third-order valence-corrected chi connectivity index (χ3v) is 7.50. The van der Waals surface area contributed by atoms with Gasteiger partial charge in [0, 0.05) is 27.3 Å². The predicted molar refractivity (Wildman–Crippen MR) is 141 cm³/mol. The van der Waals surface area contributed by atoms with E-state index >= 15 is 0 Å². The summed E-state index contributed by atoms with van der Waals surface area (Å²) in [6.45, 7) is 3.38. The quantitative estimate of drug-likeness (QED) is 0.302. The molecule has 0 radical (unpaired) electrons. The van der Waals surface area contributed by atoms with Gasteiger partial charge in [0.15, 0.2) is 0 Å². The highest BCUT2D eigenvalue weighted by molar-refractivity contribution is 6.53. The maximum atomic E-state index is 13.6. The molecular weight excluding hydrogens is 557 g/mol. The van der Waals surface area contributed by atoms with Crippen LogP contribution in [-0.2, 0) is 4.79 Å². The standard InChI is InChI=1S/C25H18Cl5FN2O2/c1-11-5-16(31)6-12(2)22(11)33-23(34)18-10-17(3-4-19(18)28)32-24(35)21-20(25(21,29)30)13-7-14(26)9-15(27)8-13/h3-10,20-21H,1-2H3,(H,32,35)(H,33,34). The lowest BCUT2D eigenvalue weighted by Gasteiger charge is -2.14. The summed E-state index contributed by atoms with van der Waals surface area (Å²) in [6.07, 6.45) is 0. The van der Waals surface area contributed by atoms with E-state index in [2.05, 4.69) is 10.6 Å². The SMILES string of the molecule is Cc1cc(F)cc(C)c1NC(=O)c1cc(NC(=O)C2C(c3cc(Cl)cc(Cl)c3)C2(Cl)Cl)ccc1Cl. The highest BCUT2D eigenvalue weighted by atomic mass is 35.5. The molecule has 0 aliphatic heterocycles. The molecule has 3 aromatic rings. The lowest BCUT2D eigenvalue weighted by Crippen LogP contribution is -2.18. The van der Waals surface area contributed by atoms with E-state index in [0.717, 1.165) is 0 Å². The average molecular weight is 575 g/mol. The second-order valence-electron chi connectivity index (χ2n) is 8.39. The van der Waals surface area contributed by atoms with Crippen molar-refractivity contribution in [1.29, 1.82) is 0 Å². The second kappa shape index (κ2) is 9.79. The first-order chi connectivity index (χ1) is 16.4. The summed E-state index contributed by atoms with van der Waals surface area (Å²) in [5.74, 6) is -2.62. The first kappa shape index (κ1) is 26.1. The van der Waals surface area contributed by atoms with Gasteiger partial charge in [0.1, 0.15) is 10.2 Å². The summed E-state index contributed by atoms with van der Waals surface area (Å²) >= 11 is 31.2. The molecule has 4 rings (SSSR count). The molecule has 0 aromatic heterocycles. The summed E-state index contributed by atoms with van der Waals surface area (Å²) < 4.78 is 12.3. The third-order valence-electron chi connectivity index (χ3n) is 5.79. The maximum absolute atomic E-state index is 13.6. The van der Waals surface area contributed by atoms with Gasteiger partial charge in [-0.15, -0.1) is 23.2 Å². The molecule has 0 bridgehead atoms. The molecule has 0 heterocycles. The minimum Gasteiger partial charge on any atom is -0.326 e. The molecule has 1 aliphatic carbocycles. The number of nitrogens with one attached hydrogen (secondary N) is 2. The van der Waals surface area contributed by atoms with Gasteiger partial charge >= 0.3 is 0 Å². The maximum Gasteiger partial charge on any atom is 0.257 e. The molecule has 182 valence electrons. The number of hydrogen-bond donors (Lipinski definition) is 2. The van der Waals surface area contributed by atoms with Gasteiger partial charge in [-0.3, -0.25) is 9.59 Å². The number of hydrogen-bond acceptors (Lipinski definition) is 2. The Bertz CT molecular complexity index is 1320. The van der Waals surface area contributed by atoms with Gasteiger partial charge in [-0.05, 0) is 79.1 Å². The Morgan fingerprint density at radius 2 is 1.49 bits per heavy atom. The van der Waals surface area contributed by atoms with Crippen LogP contribution in [0.25, 0.3) is 0 Å². The largest absolute Gasteiger partial charge is 0.326 e. The Kier molecular flexibility index (Phi) is 7.29. The van der Waals surface area contributed by atoms with Gasteiger partial charge in [0.05, 0.1) is 16.5 Å². The number of carbonyl (C=O) groups is 2. The number of halogens is 6. The monoisotopic (exact) mass is 572 g/mol. The van der Waals surface area contributed by atoms with Gasteiger partial charge in [-0.2, -0.15) is 0 Å². The van der Waals surface area contributed by atoms with Crippen molar-refractivity contribution in [3.63, 3.8) is 0 Å². The number of benzene rings is 3. The van der Waals surface area contributed by atoms with Crippen LogP contribution in [0.4, 0.5) is 15.8 Å². The normalized spacial score (nSPS) is 18.2. The van der Waals surface area contributed by atoms with Gasteiger partial charge in [-0.1, -0.05) is 34.8 Å². The van der Waals surface area contributed by atoms with Crippen molar-refractivity contribution in [2.24, 2.45) is 5.92 Å². The van der Waals surface area contributed by atoms with Gasteiger partial charge in [0.25, 0.3) is 5.91 Å². The number of aryl methyl sites for hydroxylation is 2. The molecule has 1 aliphatic rings. The molecule has 35 heavy (non-hydrogen) atoms. The van der Waals surface area contributed by atoms with Crippen LogP contribution in [0.15, 0.2) is 48.5 Å². The Labute approximate surface area is 226 Å². The molecular formula is C25H18Cl5FN2O2. The zero-order chi connectivity index (χ0) is 25.7. The molecule has 2 atom stereocenters. The van der Waals surface area contributed by atoms with E-state index in [1.54, 1.807) is 38.1 Å². The zero-order valence-electron chi connectivity index (χ0n) is 18.4. The molecule has 4 nitrogen and oxygen atoms in total. The average Bonchev–Trinajstić information content (AvgIpc) is 3.33. The summed E-state index contributed by atoms with van der Waals surface area (Å²) in [7, 11) is 0. The van der Waals surface area contributed by atoms with Crippen LogP contribution in [0.3, 0.4) is 0 Å². The van der Waals surface area contributed by atoms with E-state index in [-0.39, 0.29) is 10.6 Å². The van der Waals surface area contributed by atoms with Crippen molar-refractivity contribution in [1.82, 2.24) is 0 Å². The summed E-state index contributed by atoms with van der Waals surface area (Å²) in [6, 6.07) is 12.0. The van der Waals surface area contributed by atoms with Crippen molar-refractivity contribution in [3.05, 3.63) is 91.7 Å². The van der Waals surface area contributed by atoms with Crippen LogP contribution < -0.4 is 10.6 Å². The summed E-state index contributed by atoms with van der Waals surface area (Å²) in [5.41, 5.74) is 2.72. The summed E-state index contributed by atoms with van der Waals surface area (Å²) in [5, 5.41) is 6.49. The Morgan fingerprint density at radius 3 is 2.09 bits per heavy atom. The summed E-state index contributed by atoms with van der Waals surface area (Å²) in [4.78, 5) is 26.0. The van der Waals surface area contributed by atoms with E-state index in [9.17, 15) is 14.0 Å².